The highest BCUT2D eigenvalue weighted by Crippen LogP contribution is 2.46. The number of fused-ring (bicyclic) bond motifs is 3. The largest absolute Gasteiger partial charge is 0.533 e. The third-order valence-corrected chi connectivity index (χ3v) is 4.99. The summed E-state index contributed by atoms with van der Waals surface area (Å²) < 4.78 is 5.03. The van der Waals surface area contributed by atoms with Crippen LogP contribution in [0.3, 0.4) is 0 Å². The third kappa shape index (κ3) is 3.30. The van der Waals surface area contributed by atoms with Crippen molar-refractivity contribution in [3.63, 3.8) is 0 Å². The van der Waals surface area contributed by atoms with Crippen LogP contribution in [0.15, 0.2) is 48.5 Å². The van der Waals surface area contributed by atoms with Gasteiger partial charge in [0, 0.05) is 18.8 Å². The van der Waals surface area contributed by atoms with Gasteiger partial charge >= 0.3 is 6.16 Å². The van der Waals surface area contributed by atoms with E-state index in [2.05, 4.69) is 24.3 Å². The molecule has 1 aliphatic carbocycles. The van der Waals surface area contributed by atoms with Crippen LogP contribution in [0.1, 0.15) is 42.7 Å². The molecule has 2 aliphatic rings. The number of benzene rings is 2. The molecule has 4 rings (SSSR count). The van der Waals surface area contributed by atoms with Crippen LogP contribution >= 0.6 is 0 Å². The lowest BCUT2D eigenvalue weighted by Gasteiger charge is -2.14. The molecule has 0 N–H and O–H groups in total. The van der Waals surface area contributed by atoms with Crippen LogP contribution in [-0.4, -0.2) is 29.6 Å². The van der Waals surface area contributed by atoms with Crippen molar-refractivity contribution in [2.24, 2.45) is 0 Å². The van der Waals surface area contributed by atoms with Gasteiger partial charge < -0.3 is 4.74 Å². The van der Waals surface area contributed by atoms with Crippen molar-refractivity contribution in [3.8, 4) is 11.1 Å². The summed E-state index contributed by atoms with van der Waals surface area (Å²) in [6.07, 6.45) is 0.567. The van der Waals surface area contributed by atoms with Crippen molar-refractivity contribution in [1.29, 1.82) is 0 Å². The van der Waals surface area contributed by atoms with Crippen molar-refractivity contribution in [2.45, 2.75) is 31.6 Å². The highest BCUT2D eigenvalue weighted by Gasteiger charge is 2.33. The second-order valence-corrected chi connectivity index (χ2v) is 6.64. The summed E-state index contributed by atoms with van der Waals surface area (Å²) in [5.41, 5.74) is 5.08. The van der Waals surface area contributed by atoms with Crippen molar-refractivity contribution >= 4 is 18.0 Å². The Hall–Kier alpha value is -3.15. The van der Waals surface area contributed by atoms with Gasteiger partial charge in [0.05, 0.1) is 6.61 Å². The first kappa shape index (κ1) is 17.3. The minimum Gasteiger partial charge on any atom is -0.433 e. The molecule has 0 aromatic heterocycles. The summed E-state index contributed by atoms with van der Waals surface area (Å²) in [5, 5.41) is 0.492. The smallest absolute Gasteiger partial charge is 0.433 e. The fourth-order valence-corrected chi connectivity index (χ4v) is 3.77. The molecule has 0 atom stereocenters. The van der Waals surface area contributed by atoms with Crippen LogP contribution in [-0.2, 0) is 19.2 Å². The predicted molar refractivity (Wildman–Crippen MR) is 96.5 cm³/mol. The zero-order valence-electron chi connectivity index (χ0n) is 14.7. The molecule has 1 heterocycles. The molecule has 0 unspecified atom stereocenters. The Labute approximate surface area is 156 Å². The van der Waals surface area contributed by atoms with Gasteiger partial charge in [-0.3, -0.25) is 14.4 Å². The van der Waals surface area contributed by atoms with Gasteiger partial charge in [-0.05, 0) is 35.1 Å². The molecule has 6 nitrogen and oxygen atoms in total. The van der Waals surface area contributed by atoms with Gasteiger partial charge in [0.15, 0.2) is 0 Å². The monoisotopic (exact) mass is 365 g/mol. The van der Waals surface area contributed by atoms with Crippen LogP contribution in [0.5, 0.6) is 0 Å². The first-order valence-corrected chi connectivity index (χ1v) is 9.04. The van der Waals surface area contributed by atoms with E-state index in [4.69, 9.17) is 9.57 Å². The van der Waals surface area contributed by atoms with E-state index in [1.807, 2.05) is 24.3 Å². The van der Waals surface area contributed by atoms with Crippen molar-refractivity contribution < 1.29 is 24.0 Å². The van der Waals surface area contributed by atoms with Gasteiger partial charge in [-0.15, -0.1) is 0 Å². The van der Waals surface area contributed by atoms with Gasteiger partial charge in [-0.25, -0.2) is 4.79 Å². The summed E-state index contributed by atoms with van der Waals surface area (Å²) >= 11 is 0. The summed E-state index contributed by atoms with van der Waals surface area (Å²) in [6.45, 7) is 0.163. The summed E-state index contributed by atoms with van der Waals surface area (Å²) in [4.78, 5) is 39.2. The normalized spacial score (nSPS) is 15.6. The first-order chi connectivity index (χ1) is 13.1. The van der Waals surface area contributed by atoms with Crippen molar-refractivity contribution in [2.75, 3.05) is 6.61 Å². The molecule has 1 saturated heterocycles. The van der Waals surface area contributed by atoms with E-state index >= 15 is 0 Å². The van der Waals surface area contributed by atoms with Crippen LogP contribution in [0.4, 0.5) is 4.79 Å². The standard InChI is InChI=1S/C21H19NO5/c23-19-11-12-20(24)22(19)27-21(25)26-13-5-10-18-16-8-3-1-6-14(16)15-7-2-4-9-17(15)18/h1-4,6-9,18H,5,10-13H2. The molecule has 1 aliphatic heterocycles. The fourth-order valence-electron chi connectivity index (χ4n) is 3.77. The van der Waals surface area contributed by atoms with Crippen molar-refractivity contribution in [1.82, 2.24) is 5.06 Å². The molecule has 2 aromatic rings. The number of imide groups is 1. The average molecular weight is 365 g/mol. The molecule has 2 aromatic carbocycles. The number of hydroxylamine groups is 2. The molecule has 6 heteroatoms. The average Bonchev–Trinajstić information content (AvgIpc) is 3.17. The summed E-state index contributed by atoms with van der Waals surface area (Å²) in [6, 6.07) is 16.7. The number of carbonyl (C=O) groups is 3. The highest BCUT2D eigenvalue weighted by molar-refractivity contribution is 6.01. The number of hydrogen-bond donors (Lipinski definition) is 0. The fraction of sp³-hybridized carbons (Fsp3) is 0.286. The molecule has 0 radical (unpaired) electrons. The maximum absolute atomic E-state index is 11.7. The van der Waals surface area contributed by atoms with E-state index in [0.717, 1.165) is 6.42 Å². The number of rotatable bonds is 5. The van der Waals surface area contributed by atoms with Crippen LogP contribution in [0, 0.1) is 0 Å². The number of carbonyl (C=O) groups excluding carboxylic acids is 3. The number of nitrogens with zero attached hydrogens (tertiary/aromatic N) is 1. The summed E-state index contributed by atoms with van der Waals surface area (Å²) in [7, 11) is 0. The van der Waals surface area contributed by atoms with E-state index in [1.54, 1.807) is 0 Å². The van der Waals surface area contributed by atoms with E-state index in [0.29, 0.717) is 11.5 Å². The van der Waals surface area contributed by atoms with Gasteiger partial charge in [0.1, 0.15) is 0 Å². The molecule has 1 fully saturated rings. The molecule has 0 spiro atoms. The Balaban J connectivity index is 1.33. The van der Waals surface area contributed by atoms with Gasteiger partial charge in [-0.1, -0.05) is 53.6 Å². The topological polar surface area (TPSA) is 72.9 Å². The molecule has 27 heavy (non-hydrogen) atoms. The maximum atomic E-state index is 11.7. The van der Waals surface area contributed by atoms with E-state index in [9.17, 15) is 14.4 Å². The molecule has 0 bridgehead atoms. The number of ether oxygens (including phenoxy) is 1. The lowest BCUT2D eigenvalue weighted by molar-refractivity contribution is -0.177. The van der Waals surface area contributed by atoms with Crippen molar-refractivity contribution in [3.05, 3.63) is 59.7 Å². The number of hydrogen-bond acceptors (Lipinski definition) is 5. The molecule has 138 valence electrons. The highest BCUT2D eigenvalue weighted by atomic mass is 16.8. The lowest BCUT2D eigenvalue weighted by Crippen LogP contribution is -2.32. The Morgan fingerprint density at radius 2 is 1.48 bits per heavy atom. The van der Waals surface area contributed by atoms with Gasteiger partial charge in [0.25, 0.3) is 11.8 Å². The summed E-state index contributed by atoms with van der Waals surface area (Å²) in [5.74, 6) is -0.772. The second kappa shape index (κ2) is 7.23. The first-order valence-electron chi connectivity index (χ1n) is 9.04. The quantitative estimate of drug-likeness (QED) is 0.458. The molecule has 2 amide bonds. The van der Waals surface area contributed by atoms with Crippen LogP contribution < -0.4 is 0 Å². The third-order valence-electron chi connectivity index (χ3n) is 4.99. The predicted octanol–water partition coefficient (Wildman–Crippen LogP) is 3.80. The van der Waals surface area contributed by atoms with Crippen LogP contribution in [0.25, 0.3) is 11.1 Å². The Morgan fingerprint density at radius 3 is 2.07 bits per heavy atom. The van der Waals surface area contributed by atoms with Crippen LogP contribution in [0.2, 0.25) is 0 Å². The molecular formula is C21H19NO5. The van der Waals surface area contributed by atoms with E-state index in [-0.39, 0.29) is 25.4 Å². The molecular weight excluding hydrogens is 346 g/mol. The lowest BCUT2D eigenvalue weighted by atomic mass is 9.92. The molecule has 0 saturated carbocycles. The minimum atomic E-state index is -1.02. The Bertz CT molecular complexity index is 845. The SMILES string of the molecule is O=C(OCCCC1c2ccccc2-c2ccccc21)ON1C(=O)CCC1=O. The van der Waals surface area contributed by atoms with Gasteiger partial charge in [-0.2, -0.15) is 0 Å². The second-order valence-electron chi connectivity index (χ2n) is 6.64. The van der Waals surface area contributed by atoms with Gasteiger partial charge in [0.2, 0.25) is 0 Å². The van der Waals surface area contributed by atoms with E-state index in [1.165, 1.54) is 22.3 Å². The zero-order chi connectivity index (χ0) is 18.8. The Kier molecular flexibility index (Phi) is 4.62. The zero-order valence-corrected chi connectivity index (χ0v) is 14.7. The minimum absolute atomic E-state index is 0.0621. The Morgan fingerprint density at radius 1 is 0.926 bits per heavy atom. The number of amides is 2. The van der Waals surface area contributed by atoms with E-state index < -0.39 is 18.0 Å². The maximum Gasteiger partial charge on any atom is 0.533 e.